The topological polar surface area (TPSA) is 75.4 Å². The molecule has 1 heterocycles. The first-order valence-corrected chi connectivity index (χ1v) is 9.97. The second-order valence-electron chi connectivity index (χ2n) is 7.78. The van der Waals surface area contributed by atoms with E-state index >= 15 is 0 Å². The summed E-state index contributed by atoms with van der Waals surface area (Å²) >= 11 is 0. The number of carbonyl (C=O) groups is 2. The summed E-state index contributed by atoms with van der Waals surface area (Å²) in [7, 11) is 0. The van der Waals surface area contributed by atoms with Gasteiger partial charge in [0.05, 0.1) is 6.54 Å². The number of nitrogens with zero attached hydrogens (tertiary/aromatic N) is 1. The quantitative estimate of drug-likeness (QED) is 0.786. The predicted molar refractivity (Wildman–Crippen MR) is 103 cm³/mol. The van der Waals surface area contributed by atoms with Crippen LogP contribution in [0, 0.1) is 11.8 Å². The van der Waals surface area contributed by atoms with Crippen molar-refractivity contribution in [2.24, 2.45) is 17.6 Å². The SMILES string of the molecule is NC[C@@H]1CN(C(=O)CNC(=O)CCC2CCCC2)C[C@H]1c1ccccc1. The van der Waals surface area contributed by atoms with Crippen molar-refractivity contribution in [1.29, 1.82) is 0 Å². The van der Waals surface area contributed by atoms with Crippen molar-refractivity contribution in [3.05, 3.63) is 35.9 Å². The molecule has 2 fully saturated rings. The van der Waals surface area contributed by atoms with E-state index in [4.69, 9.17) is 5.73 Å². The maximum atomic E-state index is 12.5. The Hall–Kier alpha value is -1.88. The largest absolute Gasteiger partial charge is 0.347 e. The molecule has 1 saturated heterocycles. The molecule has 2 amide bonds. The fourth-order valence-electron chi connectivity index (χ4n) is 4.40. The Kier molecular flexibility index (Phi) is 6.67. The molecule has 5 heteroatoms. The Morgan fingerprint density at radius 2 is 1.85 bits per heavy atom. The molecule has 1 aliphatic heterocycles. The molecule has 0 bridgehead atoms. The van der Waals surface area contributed by atoms with Crippen LogP contribution in [-0.4, -0.2) is 42.9 Å². The highest BCUT2D eigenvalue weighted by atomic mass is 16.2. The smallest absolute Gasteiger partial charge is 0.241 e. The van der Waals surface area contributed by atoms with E-state index in [0.717, 1.165) is 6.42 Å². The zero-order chi connectivity index (χ0) is 18.4. The van der Waals surface area contributed by atoms with Gasteiger partial charge in [-0.1, -0.05) is 56.0 Å². The van der Waals surface area contributed by atoms with Crippen molar-refractivity contribution < 1.29 is 9.59 Å². The minimum atomic E-state index is -0.00361. The Bertz CT molecular complexity index is 599. The summed E-state index contributed by atoms with van der Waals surface area (Å²) in [6, 6.07) is 10.3. The summed E-state index contributed by atoms with van der Waals surface area (Å²) in [5, 5.41) is 2.81. The Labute approximate surface area is 156 Å². The Morgan fingerprint density at radius 3 is 2.54 bits per heavy atom. The van der Waals surface area contributed by atoms with Crippen LogP contribution < -0.4 is 11.1 Å². The van der Waals surface area contributed by atoms with Gasteiger partial charge in [0.2, 0.25) is 11.8 Å². The molecule has 5 nitrogen and oxygen atoms in total. The van der Waals surface area contributed by atoms with Crippen molar-refractivity contribution in [1.82, 2.24) is 10.2 Å². The lowest BCUT2D eigenvalue weighted by molar-refractivity contribution is -0.132. The second kappa shape index (κ2) is 9.17. The first kappa shape index (κ1) is 18.9. The summed E-state index contributed by atoms with van der Waals surface area (Å²) < 4.78 is 0. The molecule has 1 saturated carbocycles. The number of benzene rings is 1. The van der Waals surface area contributed by atoms with E-state index in [0.29, 0.717) is 32.0 Å². The van der Waals surface area contributed by atoms with Gasteiger partial charge in [0.1, 0.15) is 0 Å². The van der Waals surface area contributed by atoms with Crippen molar-refractivity contribution >= 4 is 11.8 Å². The summed E-state index contributed by atoms with van der Waals surface area (Å²) in [4.78, 5) is 26.4. The van der Waals surface area contributed by atoms with Crippen molar-refractivity contribution in [2.75, 3.05) is 26.2 Å². The van der Waals surface area contributed by atoms with Crippen LogP contribution in [0.1, 0.15) is 50.0 Å². The maximum Gasteiger partial charge on any atom is 0.241 e. The van der Waals surface area contributed by atoms with Crippen molar-refractivity contribution in [3.8, 4) is 0 Å². The van der Waals surface area contributed by atoms with Gasteiger partial charge in [0.15, 0.2) is 0 Å². The Balaban J connectivity index is 1.45. The zero-order valence-corrected chi connectivity index (χ0v) is 15.5. The van der Waals surface area contributed by atoms with Crippen LogP contribution in [0.2, 0.25) is 0 Å². The number of hydrogen-bond donors (Lipinski definition) is 2. The third-order valence-electron chi connectivity index (χ3n) is 6.02. The van der Waals surface area contributed by atoms with Gasteiger partial charge in [0.25, 0.3) is 0 Å². The molecule has 2 atom stereocenters. The van der Waals surface area contributed by atoms with Crippen LogP contribution in [0.15, 0.2) is 30.3 Å². The fraction of sp³-hybridized carbons (Fsp3) is 0.619. The molecule has 0 radical (unpaired) electrons. The van der Waals surface area contributed by atoms with Gasteiger partial charge in [0, 0.05) is 25.4 Å². The second-order valence-corrected chi connectivity index (χ2v) is 7.78. The van der Waals surface area contributed by atoms with Crippen molar-refractivity contribution in [2.45, 2.75) is 44.4 Å². The first-order valence-electron chi connectivity index (χ1n) is 9.97. The van der Waals surface area contributed by atoms with Crippen LogP contribution in [0.3, 0.4) is 0 Å². The molecular formula is C21H31N3O2. The summed E-state index contributed by atoms with van der Waals surface area (Å²) in [6.07, 6.45) is 6.59. The summed E-state index contributed by atoms with van der Waals surface area (Å²) in [5.41, 5.74) is 7.17. The molecular weight excluding hydrogens is 326 g/mol. The predicted octanol–water partition coefficient (Wildman–Crippen LogP) is 2.27. The minimum Gasteiger partial charge on any atom is -0.347 e. The van der Waals surface area contributed by atoms with E-state index in [1.54, 1.807) is 0 Å². The molecule has 0 aromatic heterocycles. The molecule has 2 aliphatic rings. The third kappa shape index (κ3) is 4.85. The van der Waals surface area contributed by atoms with E-state index in [9.17, 15) is 9.59 Å². The van der Waals surface area contributed by atoms with Crippen molar-refractivity contribution in [3.63, 3.8) is 0 Å². The van der Waals surface area contributed by atoms with E-state index in [-0.39, 0.29) is 30.2 Å². The third-order valence-corrected chi connectivity index (χ3v) is 6.02. The number of amides is 2. The monoisotopic (exact) mass is 357 g/mol. The number of carbonyl (C=O) groups excluding carboxylic acids is 2. The molecule has 1 aromatic rings. The number of nitrogens with one attached hydrogen (secondary N) is 1. The number of nitrogens with two attached hydrogens (primary N) is 1. The van der Waals surface area contributed by atoms with Crippen LogP contribution >= 0.6 is 0 Å². The molecule has 3 N–H and O–H groups in total. The fourth-order valence-corrected chi connectivity index (χ4v) is 4.40. The van der Waals surface area contributed by atoms with E-state index in [1.807, 2.05) is 23.1 Å². The molecule has 142 valence electrons. The normalized spacial score (nSPS) is 23.3. The van der Waals surface area contributed by atoms with Gasteiger partial charge in [-0.3, -0.25) is 9.59 Å². The van der Waals surface area contributed by atoms with Gasteiger partial charge in [-0.05, 0) is 30.4 Å². The van der Waals surface area contributed by atoms with Crippen LogP contribution in [0.4, 0.5) is 0 Å². The average molecular weight is 357 g/mol. The average Bonchev–Trinajstić information content (AvgIpc) is 3.34. The molecule has 1 aliphatic carbocycles. The molecule has 26 heavy (non-hydrogen) atoms. The summed E-state index contributed by atoms with van der Waals surface area (Å²) in [6.45, 7) is 2.02. The minimum absolute atomic E-state index is 0.000527. The highest BCUT2D eigenvalue weighted by Crippen LogP contribution is 2.32. The molecule has 3 rings (SSSR count). The van der Waals surface area contributed by atoms with Crippen LogP contribution in [0.25, 0.3) is 0 Å². The molecule has 0 unspecified atom stereocenters. The van der Waals surface area contributed by atoms with Gasteiger partial charge in [-0.25, -0.2) is 0 Å². The van der Waals surface area contributed by atoms with Gasteiger partial charge < -0.3 is 16.0 Å². The standard InChI is InChI=1S/C21H31N3O2/c22-12-18-14-24(15-19(18)17-8-2-1-3-9-17)21(26)13-23-20(25)11-10-16-6-4-5-7-16/h1-3,8-9,16,18-19H,4-7,10-15,22H2,(H,23,25)/t18-,19+/m1/s1. The lowest BCUT2D eigenvalue weighted by Gasteiger charge is -2.17. The Morgan fingerprint density at radius 1 is 1.12 bits per heavy atom. The van der Waals surface area contributed by atoms with E-state index in [2.05, 4.69) is 17.4 Å². The van der Waals surface area contributed by atoms with Gasteiger partial charge >= 0.3 is 0 Å². The first-order chi connectivity index (χ1) is 12.7. The maximum absolute atomic E-state index is 12.5. The highest BCUT2D eigenvalue weighted by Gasteiger charge is 2.35. The highest BCUT2D eigenvalue weighted by molar-refractivity contribution is 5.85. The number of likely N-dealkylation sites (tertiary alicyclic amines) is 1. The van der Waals surface area contributed by atoms with Crippen LogP contribution in [0.5, 0.6) is 0 Å². The zero-order valence-electron chi connectivity index (χ0n) is 15.5. The summed E-state index contributed by atoms with van der Waals surface area (Å²) in [5.74, 6) is 1.25. The van der Waals surface area contributed by atoms with Gasteiger partial charge in [-0.2, -0.15) is 0 Å². The van der Waals surface area contributed by atoms with Gasteiger partial charge in [-0.15, -0.1) is 0 Å². The number of rotatable bonds is 7. The molecule has 1 aromatic carbocycles. The lowest BCUT2D eigenvalue weighted by Crippen LogP contribution is -2.39. The number of hydrogen-bond acceptors (Lipinski definition) is 3. The van der Waals surface area contributed by atoms with E-state index < -0.39 is 0 Å². The molecule has 0 spiro atoms. The lowest BCUT2D eigenvalue weighted by atomic mass is 9.89. The van der Waals surface area contributed by atoms with E-state index in [1.165, 1.54) is 31.2 Å². The van der Waals surface area contributed by atoms with Crippen LogP contribution in [-0.2, 0) is 9.59 Å².